The average Bonchev–Trinajstić information content (AvgIpc) is 2.11. The summed E-state index contributed by atoms with van der Waals surface area (Å²) in [5, 5.41) is 6.97. The fraction of sp³-hybridized carbons (Fsp3) is 0.571. The standard InChI is InChI=1S/C7H12N4OS/c1-4(3-8)13-6-5(2)10-11-7(12)9-6/h4H,3,8H2,1-2H3,(H,9,11,12). The van der Waals surface area contributed by atoms with Crippen LogP contribution in [0.15, 0.2) is 9.82 Å². The lowest BCUT2D eigenvalue weighted by atomic mass is 10.5. The van der Waals surface area contributed by atoms with Crippen molar-refractivity contribution in [3.05, 3.63) is 16.2 Å². The summed E-state index contributed by atoms with van der Waals surface area (Å²) in [4.78, 5) is 14.6. The first-order chi connectivity index (χ1) is 6.13. The number of rotatable bonds is 3. The molecule has 0 fully saturated rings. The summed E-state index contributed by atoms with van der Waals surface area (Å²) in [6.45, 7) is 4.33. The summed E-state index contributed by atoms with van der Waals surface area (Å²) < 4.78 is 0. The summed E-state index contributed by atoms with van der Waals surface area (Å²) in [6.07, 6.45) is 0. The number of hydrogen-bond acceptors (Lipinski definition) is 5. The first-order valence-electron chi connectivity index (χ1n) is 3.93. The molecule has 0 aromatic carbocycles. The van der Waals surface area contributed by atoms with E-state index in [-0.39, 0.29) is 5.25 Å². The molecule has 0 saturated heterocycles. The van der Waals surface area contributed by atoms with Crippen LogP contribution < -0.4 is 11.4 Å². The zero-order chi connectivity index (χ0) is 9.84. The fourth-order valence-electron chi connectivity index (χ4n) is 0.728. The highest BCUT2D eigenvalue weighted by Crippen LogP contribution is 2.20. The molecule has 0 amide bonds. The van der Waals surface area contributed by atoms with Crippen LogP contribution in [0.5, 0.6) is 0 Å². The minimum atomic E-state index is -0.419. The van der Waals surface area contributed by atoms with Crippen LogP contribution in [0.1, 0.15) is 12.6 Å². The van der Waals surface area contributed by atoms with E-state index >= 15 is 0 Å². The highest BCUT2D eigenvalue weighted by molar-refractivity contribution is 7.99. The maximum absolute atomic E-state index is 10.8. The zero-order valence-corrected chi connectivity index (χ0v) is 8.39. The summed E-state index contributed by atoms with van der Waals surface area (Å²) in [7, 11) is 0. The number of thioether (sulfide) groups is 1. The molecular weight excluding hydrogens is 188 g/mol. The first-order valence-corrected chi connectivity index (χ1v) is 4.81. The van der Waals surface area contributed by atoms with Gasteiger partial charge in [0.2, 0.25) is 0 Å². The van der Waals surface area contributed by atoms with Crippen molar-refractivity contribution < 1.29 is 0 Å². The van der Waals surface area contributed by atoms with E-state index < -0.39 is 5.69 Å². The first kappa shape index (κ1) is 10.2. The van der Waals surface area contributed by atoms with Crippen molar-refractivity contribution in [2.24, 2.45) is 5.73 Å². The molecule has 0 bridgehead atoms. The lowest BCUT2D eigenvalue weighted by molar-refractivity contribution is 0.809. The molecule has 13 heavy (non-hydrogen) atoms. The second kappa shape index (κ2) is 4.38. The van der Waals surface area contributed by atoms with Crippen LogP contribution in [-0.2, 0) is 0 Å². The number of H-pyrrole nitrogens is 1. The van der Waals surface area contributed by atoms with Crippen LogP contribution in [0, 0.1) is 6.92 Å². The Morgan fingerprint density at radius 3 is 3.00 bits per heavy atom. The Balaban J connectivity index is 2.87. The molecular formula is C7H12N4OS. The second-order valence-electron chi connectivity index (χ2n) is 2.70. The number of nitrogens with two attached hydrogens (primary N) is 1. The van der Waals surface area contributed by atoms with E-state index in [0.717, 1.165) is 5.69 Å². The summed E-state index contributed by atoms with van der Waals surface area (Å²) >= 11 is 1.47. The van der Waals surface area contributed by atoms with E-state index in [1.54, 1.807) is 6.92 Å². The van der Waals surface area contributed by atoms with Gasteiger partial charge in [0.15, 0.2) is 0 Å². The average molecular weight is 200 g/mol. The van der Waals surface area contributed by atoms with E-state index in [4.69, 9.17) is 5.73 Å². The van der Waals surface area contributed by atoms with Gasteiger partial charge in [-0.15, -0.1) is 0 Å². The monoisotopic (exact) mass is 200 g/mol. The predicted molar refractivity (Wildman–Crippen MR) is 51.8 cm³/mol. The molecule has 1 atom stereocenters. The van der Waals surface area contributed by atoms with Gasteiger partial charge in [-0.2, -0.15) is 10.1 Å². The Hall–Kier alpha value is -0.880. The molecule has 1 unspecified atom stereocenters. The Kier molecular flexibility index (Phi) is 3.44. The lowest BCUT2D eigenvalue weighted by Crippen LogP contribution is -2.17. The molecule has 6 heteroatoms. The Morgan fingerprint density at radius 2 is 2.38 bits per heavy atom. The van der Waals surface area contributed by atoms with Crippen LogP contribution in [-0.4, -0.2) is 27.0 Å². The van der Waals surface area contributed by atoms with Crippen molar-refractivity contribution in [3.8, 4) is 0 Å². The predicted octanol–water partition coefficient (Wildman–Crippen LogP) is -0.0874. The van der Waals surface area contributed by atoms with E-state index in [1.807, 2.05) is 6.92 Å². The molecule has 72 valence electrons. The van der Waals surface area contributed by atoms with Crippen LogP contribution in [0.4, 0.5) is 0 Å². The number of hydrogen-bond donors (Lipinski definition) is 2. The van der Waals surface area contributed by atoms with Crippen molar-refractivity contribution >= 4 is 11.8 Å². The van der Waals surface area contributed by atoms with Crippen molar-refractivity contribution in [3.63, 3.8) is 0 Å². The second-order valence-corrected chi connectivity index (χ2v) is 4.12. The van der Waals surface area contributed by atoms with Gasteiger partial charge in [0.1, 0.15) is 5.03 Å². The van der Waals surface area contributed by atoms with E-state index in [0.29, 0.717) is 11.6 Å². The van der Waals surface area contributed by atoms with E-state index in [2.05, 4.69) is 15.2 Å². The number of nitrogens with one attached hydrogen (secondary N) is 1. The number of aryl methyl sites for hydroxylation is 1. The molecule has 3 N–H and O–H groups in total. The quantitative estimate of drug-likeness (QED) is 0.666. The largest absolute Gasteiger partial charge is 0.362 e. The molecule has 1 aromatic rings. The maximum Gasteiger partial charge on any atom is 0.362 e. The molecule has 0 aliphatic carbocycles. The Labute approximate surface area is 80.1 Å². The third kappa shape index (κ3) is 2.82. The van der Waals surface area contributed by atoms with Crippen LogP contribution in [0.25, 0.3) is 0 Å². The maximum atomic E-state index is 10.8. The fourth-order valence-corrected chi connectivity index (χ4v) is 1.56. The summed E-state index contributed by atoms with van der Waals surface area (Å²) in [6, 6.07) is 0. The normalized spacial score (nSPS) is 12.8. The number of aromatic amines is 1. The van der Waals surface area contributed by atoms with Gasteiger partial charge in [-0.1, -0.05) is 18.7 Å². The van der Waals surface area contributed by atoms with Crippen LogP contribution in [0.2, 0.25) is 0 Å². The molecule has 1 aromatic heterocycles. The summed E-state index contributed by atoms with van der Waals surface area (Å²) in [5.74, 6) is 0. The van der Waals surface area contributed by atoms with Crippen molar-refractivity contribution in [1.29, 1.82) is 0 Å². The van der Waals surface area contributed by atoms with Gasteiger partial charge < -0.3 is 5.73 Å². The molecule has 1 rings (SSSR count). The molecule has 0 aliphatic rings. The van der Waals surface area contributed by atoms with Crippen LogP contribution >= 0.6 is 11.8 Å². The van der Waals surface area contributed by atoms with Crippen molar-refractivity contribution in [1.82, 2.24) is 15.2 Å². The SMILES string of the molecule is Cc1n[nH]c(=O)nc1SC(C)CN. The summed E-state index contributed by atoms with van der Waals surface area (Å²) in [5.41, 5.74) is 5.76. The van der Waals surface area contributed by atoms with E-state index in [9.17, 15) is 4.79 Å². The number of nitrogens with zero attached hydrogens (tertiary/aromatic N) is 2. The topological polar surface area (TPSA) is 84.7 Å². The van der Waals surface area contributed by atoms with Gasteiger partial charge in [-0.25, -0.2) is 9.89 Å². The van der Waals surface area contributed by atoms with Crippen molar-refractivity contribution in [2.45, 2.75) is 24.1 Å². The lowest BCUT2D eigenvalue weighted by Gasteiger charge is -2.07. The Bertz CT molecular complexity index is 338. The third-order valence-corrected chi connectivity index (χ3v) is 2.68. The van der Waals surface area contributed by atoms with Gasteiger partial charge in [0.05, 0.1) is 5.69 Å². The van der Waals surface area contributed by atoms with E-state index in [1.165, 1.54) is 11.8 Å². The minimum absolute atomic E-state index is 0.245. The van der Waals surface area contributed by atoms with Crippen LogP contribution in [0.3, 0.4) is 0 Å². The number of aromatic nitrogens is 3. The van der Waals surface area contributed by atoms with Gasteiger partial charge in [-0.3, -0.25) is 0 Å². The molecule has 1 heterocycles. The highest BCUT2D eigenvalue weighted by Gasteiger charge is 2.07. The van der Waals surface area contributed by atoms with Gasteiger partial charge in [0.25, 0.3) is 0 Å². The van der Waals surface area contributed by atoms with Crippen molar-refractivity contribution in [2.75, 3.05) is 6.54 Å². The smallest absolute Gasteiger partial charge is 0.329 e. The third-order valence-electron chi connectivity index (χ3n) is 1.48. The molecule has 0 aliphatic heterocycles. The molecule has 0 radical (unpaired) electrons. The molecule has 5 nitrogen and oxygen atoms in total. The zero-order valence-electron chi connectivity index (χ0n) is 7.57. The van der Waals surface area contributed by atoms with Gasteiger partial charge in [0, 0.05) is 11.8 Å². The van der Waals surface area contributed by atoms with Gasteiger partial charge in [-0.05, 0) is 6.92 Å². The molecule has 0 spiro atoms. The minimum Gasteiger partial charge on any atom is -0.329 e. The Morgan fingerprint density at radius 1 is 1.69 bits per heavy atom. The molecule has 0 saturated carbocycles. The highest BCUT2D eigenvalue weighted by atomic mass is 32.2. The van der Waals surface area contributed by atoms with Gasteiger partial charge >= 0.3 is 5.69 Å².